The van der Waals surface area contributed by atoms with E-state index >= 15 is 0 Å². The second-order valence-corrected chi connectivity index (χ2v) is 4.65. The van der Waals surface area contributed by atoms with E-state index < -0.39 is 5.97 Å². The molecule has 0 heterocycles. The number of carbonyl (C=O) groups is 1. The lowest BCUT2D eigenvalue weighted by molar-refractivity contribution is 0.0734. The van der Waals surface area contributed by atoms with Crippen LogP contribution in [0.4, 0.5) is 0 Å². The van der Waals surface area contributed by atoms with Crippen molar-refractivity contribution in [2.45, 2.75) is 13.3 Å². The summed E-state index contributed by atoms with van der Waals surface area (Å²) in [5.74, 6) is 5.67. The second kappa shape index (κ2) is 8.26. The van der Waals surface area contributed by atoms with Gasteiger partial charge in [-0.1, -0.05) is 12.8 Å². The Morgan fingerprint density at radius 1 is 1.04 bits per heavy atom. The summed E-state index contributed by atoms with van der Waals surface area (Å²) >= 11 is 0. The Hall–Kier alpha value is -3.24. The Kier molecular flexibility index (Phi) is 5.80. The number of hydrogen-bond donors (Lipinski definition) is 0. The van der Waals surface area contributed by atoms with Crippen molar-refractivity contribution in [1.29, 1.82) is 5.26 Å². The number of rotatable bonds is 5. The molecule has 114 valence electrons. The van der Waals surface area contributed by atoms with Crippen LogP contribution in [0, 0.1) is 23.2 Å². The van der Waals surface area contributed by atoms with Crippen LogP contribution in [0.2, 0.25) is 0 Å². The third-order valence-corrected chi connectivity index (χ3v) is 2.89. The molecule has 2 aromatic rings. The van der Waals surface area contributed by atoms with Gasteiger partial charge >= 0.3 is 5.97 Å². The van der Waals surface area contributed by atoms with Gasteiger partial charge in [-0.3, -0.25) is 0 Å². The zero-order chi connectivity index (χ0) is 16.5. The number of ether oxygens (including phenoxy) is 2. The smallest absolute Gasteiger partial charge is 0.343 e. The van der Waals surface area contributed by atoms with E-state index in [4.69, 9.17) is 14.7 Å². The van der Waals surface area contributed by atoms with Crippen molar-refractivity contribution in [3.05, 3.63) is 59.7 Å². The minimum Gasteiger partial charge on any atom is -0.494 e. The van der Waals surface area contributed by atoms with E-state index in [-0.39, 0.29) is 0 Å². The molecule has 0 unspecified atom stereocenters. The number of hydrogen-bond acceptors (Lipinski definition) is 4. The zero-order valence-electron chi connectivity index (χ0n) is 12.7. The molecule has 0 N–H and O–H groups in total. The second-order valence-electron chi connectivity index (χ2n) is 4.65. The van der Waals surface area contributed by atoms with Gasteiger partial charge in [0.2, 0.25) is 0 Å². The first-order chi connectivity index (χ1) is 11.2. The van der Waals surface area contributed by atoms with Gasteiger partial charge in [0, 0.05) is 11.5 Å². The summed E-state index contributed by atoms with van der Waals surface area (Å²) in [5.41, 5.74) is 1.13. The number of carbonyl (C=O) groups excluding carboxylic acids is 1. The molecule has 0 saturated heterocycles. The number of benzene rings is 2. The fraction of sp³-hybridized carbons (Fsp3) is 0.158. The maximum absolute atomic E-state index is 12.1. The van der Waals surface area contributed by atoms with E-state index in [1.807, 2.05) is 6.92 Å². The predicted molar refractivity (Wildman–Crippen MR) is 86.1 cm³/mol. The molecule has 2 rings (SSSR count). The fourth-order valence-electron chi connectivity index (χ4n) is 1.78. The molecule has 4 nitrogen and oxygen atoms in total. The van der Waals surface area contributed by atoms with Gasteiger partial charge in [-0.15, -0.1) is 0 Å². The van der Waals surface area contributed by atoms with Crippen LogP contribution in [0.1, 0.15) is 29.3 Å². The monoisotopic (exact) mass is 305 g/mol. The number of nitriles is 1. The van der Waals surface area contributed by atoms with Crippen LogP contribution in [0.15, 0.2) is 48.5 Å². The first-order valence-electron chi connectivity index (χ1n) is 7.18. The normalized spacial score (nSPS) is 9.22. The molecule has 2 aromatic carbocycles. The van der Waals surface area contributed by atoms with E-state index in [1.54, 1.807) is 54.6 Å². The molecular formula is C19H15NO3. The molecule has 0 spiro atoms. The maximum Gasteiger partial charge on any atom is 0.343 e. The van der Waals surface area contributed by atoms with Crippen LogP contribution in [-0.4, -0.2) is 12.6 Å². The van der Waals surface area contributed by atoms with Gasteiger partial charge in [0.1, 0.15) is 11.5 Å². The van der Waals surface area contributed by atoms with E-state index in [1.165, 1.54) is 0 Å². The molecule has 0 aliphatic rings. The van der Waals surface area contributed by atoms with Crippen LogP contribution in [0.3, 0.4) is 0 Å². The number of nitrogens with zero attached hydrogens (tertiary/aromatic N) is 1. The van der Waals surface area contributed by atoms with Gasteiger partial charge in [-0.25, -0.2) is 4.79 Å². The average Bonchev–Trinajstić information content (AvgIpc) is 2.59. The third-order valence-electron chi connectivity index (χ3n) is 2.89. The summed E-state index contributed by atoms with van der Waals surface area (Å²) in [7, 11) is 0. The lowest BCUT2D eigenvalue weighted by atomic mass is 10.2. The Bertz CT molecular complexity index is 759. The standard InChI is InChI=1S/C19H15NO3/c1-2-14-22-17-11-7-16(8-12-17)19(21)23-18-9-5-15(6-10-18)4-3-13-20/h5-12H,2,14H2,1H3. The van der Waals surface area contributed by atoms with Crippen LogP contribution in [0.5, 0.6) is 11.5 Å². The third kappa shape index (κ3) is 4.91. The SMILES string of the molecule is CCCOc1ccc(C(=O)Oc2ccc(C#CC#N)cc2)cc1. The minimum atomic E-state index is -0.442. The maximum atomic E-state index is 12.1. The van der Waals surface area contributed by atoms with Gasteiger partial charge < -0.3 is 9.47 Å². The van der Waals surface area contributed by atoms with Gasteiger partial charge in [0.25, 0.3) is 0 Å². The molecular weight excluding hydrogens is 290 g/mol. The quantitative estimate of drug-likeness (QED) is 0.481. The first kappa shape index (κ1) is 16.1. The van der Waals surface area contributed by atoms with E-state index in [0.29, 0.717) is 23.5 Å². The summed E-state index contributed by atoms with van der Waals surface area (Å²) in [6.45, 7) is 2.67. The molecule has 4 heteroatoms. The summed E-state index contributed by atoms with van der Waals surface area (Å²) < 4.78 is 10.8. The van der Waals surface area contributed by atoms with Crippen molar-refractivity contribution in [2.24, 2.45) is 0 Å². The van der Waals surface area contributed by atoms with Crippen molar-refractivity contribution in [1.82, 2.24) is 0 Å². The Labute approximate surface area is 135 Å². The molecule has 0 fully saturated rings. The minimum absolute atomic E-state index is 0.420. The fourth-order valence-corrected chi connectivity index (χ4v) is 1.78. The highest BCUT2D eigenvalue weighted by molar-refractivity contribution is 5.91. The van der Waals surface area contributed by atoms with E-state index in [9.17, 15) is 4.79 Å². The predicted octanol–water partition coefficient (Wildman–Crippen LogP) is 3.57. The summed E-state index contributed by atoms with van der Waals surface area (Å²) in [6, 6.07) is 15.2. The molecule has 0 bridgehead atoms. The lowest BCUT2D eigenvalue weighted by Crippen LogP contribution is -2.08. The molecule has 0 amide bonds. The van der Waals surface area contributed by atoms with Crippen LogP contribution >= 0.6 is 0 Å². The van der Waals surface area contributed by atoms with Crippen molar-refractivity contribution >= 4 is 5.97 Å². The largest absolute Gasteiger partial charge is 0.494 e. The highest BCUT2D eigenvalue weighted by Gasteiger charge is 2.08. The highest BCUT2D eigenvalue weighted by atomic mass is 16.5. The molecule has 0 saturated carbocycles. The van der Waals surface area contributed by atoms with E-state index in [2.05, 4.69) is 11.8 Å². The topological polar surface area (TPSA) is 59.3 Å². The van der Waals surface area contributed by atoms with Crippen molar-refractivity contribution in [3.63, 3.8) is 0 Å². The Morgan fingerprint density at radius 3 is 2.30 bits per heavy atom. The van der Waals surface area contributed by atoms with Crippen LogP contribution in [-0.2, 0) is 0 Å². The van der Waals surface area contributed by atoms with Crippen LogP contribution < -0.4 is 9.47 Å². The Balaban J connectivity index is 2.00. The van der Waals surface area contributed by atoms with Gasteiger partial charge in [0.05, 0.1) is 12.2 Å². The van der Waals surface area contributed by atoms with Crippen molar-refractivity contribution < 1.29 is 14.3 Å². The highest BCUT2D eigenvalue weighted by Crippen LogP contribution is 2.16. The van der Waals surface area contributed by atoms with Gasteiger partial charge in [-0.2, -0.15) is 5.26 Å². The average molecular weight is 305 g/mol. The zero-order valence-corrected chi connectivity index (χ0v) is 12.7. The van der Waals surface area contributed by atoms with Gasteiger partial charge in [0.15, 0.2) is 6.07 Å². The molecule has 0 aliphatic heterocycles. The van der Waals surface area contributed by atoms with E-state index in [0.717, 1.165) is 12.2 Å². The van der Waals surface area contributed by atoms with Crippen molar-refractivity contribution in [3.8, 4) is 29.4 Å². The lowest BCUT2D eigenvalue weighted by Gasteiger charge is -2.06. The summed E-state index contributed by atoms with van der Waals surface area (Å²) in [6.07, 6.45) is 0.929. The number of esters is 1. The molecule has 0 aromatic heterocycles. The summed E-state index contributed by atoms with van der Waals surface area (Å²) in [5, 5.41) is 8.39. The molecule has 0 atom stereocenters. The molecule has 23 heavy (non-hydrogen) atoms. The van der Waals surface area contributed by atoms with Crippen LogP contribution in [0.25, 0.3) is 0 Å². The van der Waals surface area contributed by atoms with Gasteiger partial charge in [-0.05, 0) is 55.0 Å². The van der Waals surface area contributed by atoms with Crippen molar-refractivity contribution in [2.75, 3.05) is 6.61 Å². The molecule has 0 aliphatic carbocycles. The first-order valence-corrected chi connectivity index (χ1v) is 7.18. The molecule has 0 radical (unpaired) electrons. The summed E-state index contributed by atoms with van der Waals surface area (Å²) in [4.78, 5) is 12.1. The Morgan fingerprint density at radius 2 is 1.70 bits per heavy atom.